The van der Waals surface area contributed by atoms with E-state index in [0.717, 1.165) is 0 Å². The minimum atomic E-state index is -0.751. The maximum Gasteiger partial charge on any atom is 0.306 e. The Hall–Kier alpha value is -3.06. The number of halogens is 1. The van der Waals surface area contributed by atoms with Crippen molar-refractivity contribution < 1.29 is 24.2 Å². The molecule has 8 heteroatoms. The summed E-state index contributed by atoms with van der Waals surface area (Å²) < 4.78 is 5.93. The van der Waals surface area contributed by atoms with Crippen LogP contribution < -0.4 is 15.4 Å². The van der Waals surface area contributed by atoms with Gasteiger partial charge in [-0.1, -0.05) is 23.7 Å². The van der Waals surface area contributed by atoms with Crippen molar-refractivity contribution in [2.45, 2.75) is 50.5 Å². The first kappa shape index (κ1) is 24.1. The van der Waals surface area contributed by atoms with E-state index in [4.69, 9.17) is 21.4 Å². The number of hydrogen-bond donors (Lipinski definition) is 3. The molecule has 2 saturated carbocycles. The molecular weight excluding hydrogens is 456 g/mol. The van der Waals surface area contributed by atoms with Crippen LogP contribution in [0.3, 0.4) is 0 Å². The minimum absolute atomic E-state index is 0.0557. The van der Waals surface area contributed by atoms with Crippen molar-refractivity contribution in [3.63, 3.8) is 0 Å². The molecule has 0 bridgehead atoms. The number of aliphatic carboxylic acids is 1. The Labute approximate surface area is 203 Å². The van der Waals surface area contributed by atoms with E-state index in [9.17, 15) is 14.4 Å². The second-order valence-corrected chi connectivity index (χ2v) is 9.39. The predicted molar refractivity (Wildman–Crippen MR) is 129 cm³/mol. The Kier molecular flexibility index (Phi) is 7.73. The zero-order valence-corrected chi connectivity index (χ0v) is 19.6. The molecule has 0 radical (unpaired) electrons. The first-order chi connectivity index (χ1) is 16.4. The number of carbonyl (C=O) groups excluding carboxylic acids is 2. The van der Waals surface area contributed by atoms with Gasteiger partial charge in [-0.2, -0.15) is 0 Å². The van der Waals surface area contributed by atoms with Gasteiger partial charge in [-0.15, -0.1) is 0 Å². The molecule has 0 aromatic heterocycles. The standard InChI is InChI=1S/C26H29ClN2O5/c27-23-15-21(34-20-9-7-19(8-10-20)26(32)33)11-12-22(23)25(31)29-14-13-28-24(30)18-5-3-17(4-6-18)16-1-2-16/h3-6,11-12,15-16,19-20H,1-2,7-10,13-14H2,(H,28,30)(H,29,31)(H,32,33)/t19-,20+. The van der Waals surface area contributed by atoms with Gasteiger partial charge in [0.25, 0.3) is 11.8 Å². The molecule has 2 aliphatic rings. The van der Waals surface area contributed by atoms with E-state index in [1.54, 1.807) is 18.2 Å². The molecule has 180 valence electrons. The molecule has 0 unspecified atom stereocenters. The Morgan fingerprint density at radius 1 is 0.882 bits per heavy atom. The molecule has 34 heavy (non-hydrogen) atoms. The number of carbonyl (C=O) groups is 3. The molecule has 0 heterocycles. The van der Waals surface area contributed by atoms with Crippen LogP contribution in [0.4, 0.5) is 0 Å². The molecule has 2 aromatic carbocycles. The minimum Gasteiger partial charge on any atom is -0.490 e. The van der Waals surface area contributed by atoms with Gasteiger partial charge in [0.1, 0.15) is 5.75 Å². The molecule has 2 aromatic rings. The summed E-state index contributed by atoms with van der Waals surface area (Å²) in [5.41, 5.74) is 2.21. The lowest BCUT2D eigenvalue weighted by Crippen LogP contribution is -2.34. The van der Waals surface area contributed by atoms with Gasteiger partial charge in [0, 0.05) is 18.7 Å². The third-order valence-electron chi connectivity index (χ3n) is 6.43. The Bertz CT molecular complexity index is 1040. The van der Waals surface area contributed by atoms with Crippen molar-refractivity contribution >= 4 is 29.4 Å². The van der Waals surface area contributed by atoms with Crippen LogP contribution >= 0.6 is 11.6 Å². The highest BCUT2D eigenvalue weighted by molar-refractivity contribution is 6.34. The van der Waals surface area contributed by atoms with Crippen molar-refractivity contribution in [1.82, 2.24) is 10.6 Å². The van der Waals surface area contributed by atoms with Crippen molar-refractivity contribution in [1.29, 1.82) is 0 Å². The van der Waals surface area contributed by atoms with E-state index >= 15 is 0 Å². The number of amides is 2. The van der Waals surface area contributed by atoms with E-state index in [1.807, 2.05) is 24.3 Å². The summed E-state index contributed by atoms with van der Waals surface area (Å²) in [4.78, 5) is 35.8. The van der Waals surface area contributed by atoms with Gasteiger partial charge in [-0.3, -0.25) is 14.4 Å². The quantitative estimate of drug-likeness (QED) is 0.457. The topological polar surface area (TPSA) is 105 Å². The number of hydrogen-bond acceptors (Lipinski definition) is 4. The molecule has 2 amide bonds. The lowest BCUT2D eigenvalue weighted by atomic mass is 9.87. The third-order valence-corrected chi connectivity index (χ3v) is 6.74. The van der Waals surface area contributed by atoms with Gasteiger partial charge in [0.15, 0.2) is 0 Å². The van der Waals surface area contributed by atoms with Crippen LogP contribution in [0.2, 0.25) is 5.02 Å². The zero-order chi connectivity index (χ0) is 24.1. The lowest BCUT2D eigenvalue weighted by Gasteiger charge is -2.26. The summed E-state index contributed by atoms with van der Waals surface area (Å²) in [7, 11) is 0. The van der Waals surface area contributed by atoms with Gasteiger partial charge >= 0.3 is 5.97 Å². The third kappa shape index (κ3) is 6.29. The van der Waals surface area contributed by atoms with Crippen LogP contribution in [-0.2, 0) is 4.79 Å². The first-order valence-electron chi connectivity index (χ1n) is 11.8. The number of benzene rings is 2. The monoisotopic (exact) mass is 484 g/mol. The summed E-state index contributed by atoms with van der Waals surface area (Å²) >= 11 is 6.30. The summed E-state index contributed by atoms with van der Waals surface area (Å²) in [5.74, 6) is -0.347. The SMILES string of the molecule is O=C(NCCNC(=O)c1ccc(O[C@H]2CC[C@@H](C(=O)O)CC2)cc1Cl)c1ccc(C2CC2)cc1. The summed E-state index contributed by atoms with van der Waals surface area (Å²) in [6.45, 7) is 0.568. The fourth-order valence-electron chi connectivity index (χ4n) is 4.25. The highest BCUT2D eigenvalue weighted by Gasteiger charge is 2.27. The molecule has 3 N–H and O–H groups in total. The summed E-state index contributed by atoms with van der Waals surface area (Å²) in [6.07, 6.45) is 4.92. The average Bonchev–Trinajstić information content (AvgIpc) is 3.68. The number of carboxylic acids is 1. The van der Waals surface area contributed by atoms with E-state index in [-0.39, 0.29) is 35.4 Å². The van der Waals surface area contributed by atoms with Crippen LogP contribution in [0, 0.1) is 5.92 Å². The maximum atomic E-state index is 12.5. The number of rotatable bonds is 9. The van der Waals surface area contributed by atoms with E-state index in [1.165, 1.54) is 18.4 Å². The molecule has 4 rings (SSSR count). The van der Waals surface area contributed by atoms with Crippen LogP contribution in [0.25, 0.3) is 0 Å². The Morgan fingerprint density at radius 2 is 1.53 bits per heavy atom. The van der Waals surface area contributed by atoms with Gasteiger partial charge in [-0.25, -0.2) is 0 Å². The van der Waals surface area contributed by atoms with Crippen molar-refractivity contribution in [2.75, 3.05) is 13.1 Å². The van der Waals surface area contributed by atoms with Crippen LogP contribution in [0.5, 0.6) is 5.75 Å². The Morgan fingerprint density at radius 3 is 2.12 bits per heavy atom. The summed E-state index contributed by atoms with van der Waals surface area (Å²) in [6, 6.07) is 12.6. The van der Waals surface area contributed by atoms with Crippen molar-refractivity contribution in [3.05, 3.63) is 64.2 Å². The van der Waals surface area contributed by atoms with Gasteiger partial charge in [0.2, 0.25) is 0 Å². The molecule has 2 aliphatic carbocycles. The molecule has 7 nitrogen and oxygen atoms in total. The Balaban J connectivity index is 1.20. The maximum absolute atomic E-state index is 12.5. The van der Waals surface area contributed by atoms with Gasteiger partial charge < -0.3 is 20.5 Å². The fourth-order valence-corrected chi connectivity index (χ4v) is 4.50. The van der Waals surface area contributed by atoms with Gasteiger partial charge in [-0.05, 0) is 80.3 Å². The first-order valence-corrected chi connectivity index (χ1v) is 12.1. The van der Waals surface area contributed by atoms with Crippen molar-refractivity contribution in [2.24, 2.45) is 5.92 Å². The predicted octanol–water partition coefficient (Wildman–Crippen LogP) is 4.40. The average molecular weight is 485 g/mol. The second-order valence-electron chi connectivity index (χ2n) is 8.98. The van der Waals surface area contributed by atoms with Crippen LogP contribution in [0.1, 0.15) is 70.7 Å². The highest BCUT2D eigenvalue weighted by Crippen LogP contribution is 2.39. The molecule has 2 fully saturated rings. The smallest absolute Gasteiger partial charge is 0.306 e. The fraction of sp³-hybridized carbons (Fsp3) is 0.423. The highest BCUT2D eigenvalue weighted by atomic mass is 35.5. The molecule has 0 saturated heterocycles. The second kappa shape index (κ2) is 10.9. The normalized spacial score (nSPS) is 19.8. The van der Waals surface area contributed by atoms with Crippen LogP contribution in [-0.4, -0.2) is 42.1 Å². The largest absolute Gasteiger partial charge is 0.490 e. The summed E-state index contributed by atoms with van der Waals surface area (Å²) in [5, 5.41) is 14.9. The van der Waals surface area contributed by atoms with E-state index in [2.05, 4.69) is 10.6 Å². The number of nitrogens with one attached hydrogen (secondary N) is 2. The van der Waals surface area contributed by atoms with Crippen molar-refractivity contribution in [3.8, 4) is 5.75 Å². The van der Waals surface area contributed by atoms with Gasteiger partial charge in [0.05, 0.1) is 22.6 Å². The molecular formula is C26H29ClN2O5. The molecule has 0 spiro atoms. The number of carboxylic acid groups (broad SMARTS) is 1. The lowest BCUT2D eigenvalue weighted by molar-refractivity contribution is -0.143. The number of ether oxygens (including phenoxy) is 1. The van der Waals surface area contributed by atoms with E-state index in [0.29, 0.717) is 55.0 Å². The zero-order valence-electron chi connectivity index (χ0n) is 18.9. The molecule has 0 aliphatic heterocycles. The molecule has 0 atom stereocenters. The van der Waals surface area contributed by atoms with Crippen LogP contribution in [0.15, 0.2) is 42.5 Å². The van der Waals surface area contributed by atoms with E-state index < -0.39 is 5.97 Å².